The maximum Gasteiger partial charge on any atom is 0.345 e. The van der Waals surface area contributed by atoms with Crippen LogP contribution in [0.4, 0.5) is 0 Å². The molecule has 3 aliphatic rings. The first kappa shape index (κ1) is 16.8. The molecule has 1 aliphatic carbocycles. The average Bonchev–Trinajstić information content (AvgIpc) is 3.00. The van der Waals surface area contributed by atoms with Gasteiger partial charge in [0.05, 0.1) is 0 Å². The number of nitrogens with one attached hydrogen (secondary N) is 2. The van der Waals surface area contributed by atoms with Crippen LogP contribution in [0.3, 0.4) is 0 Å². The van der Waals surface area contributed by atoms with Crippen LogP contribution in [-0.2, 0) is 24.3 Å². The van der Waals surface area contributed by atoms with E-state index >= 15 is 0 Å². The van der Waals surface area contributed by atoms with Crippen LogP contribution in [0.1, 0.15) is 38.9 Å². The molecule has 138 valence electrons. The smallest absolute Gasteiger partial charge is 0.345 e. The van der Waals surface area contributed by atoms with Gasteiger partial charge in [-0.15, -0.1) is 0 Å². The highest BCUT2D eigenvalue weighted by molar-refractivity contribution is 5.82. The Morgan fingerprint density at radius 2 is 2.08 bits per heavy atom. The van der Waals surface area contributed by atoms with Crippen molar-refractivity contribution in [3.63, 3.8) is 0 Å². The summed E-state index contributed by atoms with van der Waals surface area (Å²) in [5, 5.41) is 11.1. The number of fused-ring (bicyclic) bond motifs is 2. The van der Waals surface area contributed by atoms with E-state index in [1.807, 2.05) is 4.57 Å². The highest BCUT2D eigenvalue weighted by atomic mass is 16.2. The Hall–Kier alpha value is -1.63. The lowest BCUT2D eigenvalue weighted by molar-refractivity contribution is -0.123. The second-order valence-corrected chi connectivity index (χ2v) is 8.30. The van der Waals surface area contributed by atoms with Crippen LogP contribution in [0.5, 0.6) is 0 Å². The summed E-state index contributed by atoms with van der Waals surface area (Å²) in [4.78, 5) is 25.0. The van der Waals surface area contributed by atoms with Crippen molar-refractivity contribution in [2.24, 2.45) is 23.7 Å². The minimum absolute atomic E-state index is 0.00502. The Bertz CT molecular complexity index is 697. The first-order chi connectivity index (χ1) is 12.0. The van der Waals surface area contributed by atoms with E-state index in [1.54, 1.807) is 4.68 Å². The zero-order chi connectivity index (χ0) is 17.6. The van der Waals surface area contributed by atoms with E-state index in [1.165, 1.54) is 0 Å². The van der Waals surface area contributed by atoms with Gasteiger partial charge in [-0.25, -0.2) is 9.48 Å². The van der Waals surface area contributed by atoms with E-state index in [0.29, 0.717) is 30.8 Å². The quantitative estimate of drug-likeness (QED) is 0.807. The largest absolute Gasteiger partial charge is 0.353 e. The molecule has 1 saturated carbocycles. The van der Waals surface area contributed by atoms with Crippen molar-refractivity contribution in [2.75, 3.05) is 13.1 Å². The third kappa shape index (κ3) is 3.26. The van der Waals surface area contributed by atoms with Crippen LogP contribution < -0.4 is 16.3 Å². The van der Waals surface area contributed by atoms with Crippen LogP contribution in [-0.4, -0.2) is 39.4 Å². The van der Waals surface area contributed by atoms with Crippen LogP contribution in [0.15, 0.2) is 4.79 Å². The summed E-state index contributed by atoms with van der Waals surface area (Å²) in [6, 6.07) is 0.159. The Morgan fingerprint density at radius 1 is 1.32 bits per heavy atom. The van der Waals surface area contributed by atoms with Gasteiger partial charge < -0.3 is 10.6 Å². The van der Waals surface area contributed by atoms with Crippen molar-refractivity contribution < 1.29 is 4.79 Å². The van der Waals surface area contributed by atoms with Gasteiger partial charge in [-0.2, -0.15) is 5.10 Å². The molecule has 2 N–H and O–H groups in total. The first-order valence-electron chi connectivity index (χ1n) is 9.72. The fourth-order valence-electron chi connectivity index (χ4n) is 4.40. The number of carbonyl (C=O) groups excluding carboxylic acids is 1. The van der Waals surface area contributed by atoms with E-state index in [2.05, 4.69) is 29.6 Å². The van der Waals surface area contributed by atoms with E-state index in [-0.39, 0.29) is 23.6 Å². The molecule has 4 atom stereocenters. The lowest BCUT2D eigenvalue weighted by Crippen LogP contribution is -2.38. The minimum atomic E-state index is 0.00502. The summed E-state index contributed by atoms with van der Waals surface area (Å²) in [5.41, 5.74) is 0.00502. The molecule has 0 radical (unpaired) electrons. The van der Waals surface area contributed by atoms with Crippen molar-refractivity contribution in [2.45, 2.75) is 58.7 Å². The molecule has 3 heterocycles. The number of hydrogen-bond donors (Lipinski definition) is 2. The van der Waals surface area contributed by atoms with Gasteiger partial charge in [0, 0.05) is 31.5 Å². The highest BCUT2D eigenvalue weighted by Crippen LogP contribution is 2.48. The predicted octanol–water partition coefficient (Wildman–Crippen LogP) is 0.377. The summed E-state index contributed by atoms with van der Waals surface area (Å²) in [6.45, 7) is 7.62. The summed E-state index contributed by atoms with van der Waals surface area (Å²) >= 11 is 0. The molecule has 0 aromatic carbocycles. The van der Waals surface area contributed by atoms with Crippen molar-refractivity contribution in [1.29, 1.82) is 0 Å². The summed E-state index contributed by atoms with van der Waals surface area (Å²) in [7, 11) is 0. The molecule has 7 nitrogen and oxygen atoms in total. The van der Waals surface area contributed by atoms with Crippen LogP contribution in [0.2, 0.25) is 0 Å². The van der Waals surface area contributed by atoms with Gasteiger partial charge in [-0.3, -0.25) is 9.36 Å². The van der Waals surface area contributed by atoms with Gasteiger partial charge in [0.15, 0.2) is 0 Å². The molecular formula is C18H29N5O2. The predicted molar refractivity (Wildman–Crippen MR) is 94.2 cm³/mol. The second-order valence-electron chi connectivity index (χ2n) is 8.30. The standard InChI is InChI=1S/C18H29N5O2/c1-11(2)5-8-23-18(25)22-7-6-12(3-4-15(22)21-23)20-17(24)16-13-9-19-10-14(13)16/h11-14,16,19H,3-10H2,1-2H3,(H,20,24)/t12?,13-,14+,16?. The van der Waals surface area contributed by atoms with Gasteiger partial charge in [-0.1, -0.05) is 13.8 Å². The summed E-state index contributed by atoms with van der Waals surface area (Å²) < 4.78 is 3.43. The molecule has 0 spiro atoms. The summed E-state index contributed by atoms with van der Waals surface area (Å²) in [5.74, 6) is 2.97. The molecule has 25 heavy (non-hydrogen) atoms. The molecule has 7 heteroatoms. The zero-order valence-corrected chi connectivity index (χ0v) is 15.2. The van der Waals surface area contributed by atoms with Crippen LogP contribution >= 0.6 is 0 Å². The Kier molecular flexibility index (Phi) is 4.43. The van der Waals surface area contributed by atoms with Gasteiger partial charge in [-0.05, 0) is 50.1 Å². The topological polar surface area (TPSA) is 81.0 Å². The molecule has 4 rings (SSSR count). The van der Waals surface area contributed by atoms with Crippen LogP contribution in [0, 0.1) is 23.7 Å². The number of aryl methyl sites for hydroxylation is 2. The molecule has 0 bridgehead atoms. The normalized spacial score (nSPS) is 30.7. The SMILES string of the molecule is CC(C)CCn1nc2n(c1=O)CCC(NC(=O)C1[C@H]3CNC[C@@H]13)CC2. The van der Waals surface area contributed by atoms with E-state index in [0.717, 1.165) is 44.6 Å². The molecule has 1 aromatic heterocycles. The van der Waals surface area contributed by atoms with Crippen molar-refractivity contribution in [3.05, 3.63) is 16.3 Å². The fraction of sp³-hybridized carbons (Fsp3) is 0.833. The minimum Gasteiger partial charge on any atom is -0.353 e. The highest BCUT2D eigenvalue weighted by Gasteiger charge is 2.56. The average molecular weight is 347 g/mol. The van der Waals surface area contributed by atoms with Crippen molar-refractivity contribution in [1.82, 2.24) is 25.0 Å². The Balaban J connectivity index is 1.34. The third-order valence-corrected chi connectivity index (χ3v) is 6.08. The second kappa shape index (κ2) is 6.59. The van der Waals surface area contributed by atoms with E-state index in [4.69, 9.17) is 0 Å². The van der Waals surface area contributed by atoms with E-state index in [9.17, 15) is 9.59 Å². The Labute approximate surface area is 148 Å². The van der Waals surface area contributed by atoms with E-state index < -0.39 is 0 Å². The van der Waals surface area contributed by atoms with Crippen molar-refractivity contribution in [3.8, 4) is 0 Å². The number of hydrogen-bond acceptors (Lipinski definition) is 4. The number of rotatable bonds is 5. The monoisotopic (exact) mass is 347 g/mol. The van der Waals surface area contributed by atoms with Gasteiger partial charge >= 0.3 is 5.69 Å². The fourth-order valence-corrected chi connectivity index (χ4v) is 4.40. The number of carbonyl (C=O) groups is 1. The molecule has 1 saturated heterocycles. The number of piperidine rings is 1. The lowest BCUT2D eigenvalue weighted by Gasteiger charge is -2.17. The molecular weight excluding hydrogens is 318 g/mol. The number of amides is 1. The maximum atomic E-state index is 12.5. The van der Waals surface area contributed by atoms with Crippen molar-refractivity contribution >= 4 is 5.91 Å². The molecule has 2 fully saturated rings. The molecule has 2 aliphatic heterocycles. The van der Waals surface area contributed by atoms with Gasteiger partial charge in [0.2, 0.25) is 5.91 Å². The molecule has 1 amide bonds. The van der Waals surface area contributed by atoms with Gasteiger partial charge in [0.25, 0.3) is 0 Å². The molecule has 2 unspecified atom stereocenters. The third-order valence-electron chi connectivity index (χ3n) is 6.08. The Morgan fingerprint density at radius 3 is 2.80 bits per heavy atom. The van der Waals surface area contributed by atoms with Gasteiger partial charge in [0.1, 0.15) is 5.82 Å². The zero-order valence-electron chi connectivity index (χ0n) is 15.2. The summed E-state index contributed by atoms with van der Waals surface area (Å²) in [6.07, 6.45) is 3.41. The maximum absolute atomic E-state index is 12.5. The van der Waals surface area contributed by atoms with Crippen LogP contribution in [0.25, 0.3) is 0 Å². The first-order valence-corrected chi connectivity index (χ1v) is 9.72. The lowest BCUT2D eigenvalue weighted by atomic mass is 10.1. The number of aromatic nitrogens is 3. The number of nitrogens with zero attached hydrogens (tertiary/aromatic N) is 3. The molecule has 1 aromatic rings.